The number of rotatable bonds is 9. The molecule has 0 N–H and O–H groups in total. The van der Waals surface area contributed by atoms with Gasteiger partial charge in [0, 0.05) is 17.0 Å². The Bertz CT molecular complexity index is 1410. The molecule has 0 radical (unpaired) electrons. The lowest BCUT2D eigenvalue weighted by Crippen LogP contribution is -2.15. The van der Waals surface area contributed by atoms with Crippen LogP contribution in [-0.2, 0) is 13.6 Å². The van der Waals surface area contributed by atoms with Crippen molar-refractivity contribution in [3.05, 3.63) is 63.6 Å². The molecule has 4 aromatic rings. The second-order valence-corrected chi connectivity index (χ2v) is 7.50. The summed E-state index contributed by atoms with van der Waals surface area (Å²) in [5.41, 5.74) is 1.59. The topological polar surface area (TPSA) is 133 Å². The lowest BCUT2D eigenvalue weighted by atomic mass is 10.0. The van der Waals surface area contributed by atoms with Crippen molar-refractivity contribution < 1.29 is 28.7 Å². The van der Waals surface area contributed by atoms with Gasteiger partial charge >= 0.3 is 5.95 Å². The zero-order valence-corrected chi connectivity index (χ0v) is 19.8. The number of ketones is 1. The second-order valence-electron chi connectivity index (χ2n) is 7.50. The lowest BCUT2D eigenvalue weighted by molar-refractivity contribution is -0.396. The first-order valence-corrected chi connectivity index (χ1v) is 10.4. The summed E-state index contributed by atoms with van der Waals surface area (Å²) in [4.78, 5) is 28.4. The third-order valence-electron chi connectivity index (χ3n) is 5.62. The lowest BCUT2D eigenvalue weighted by Gasteiger charge is -2.14. The van der Waals surface area contributed by atoms with Crippen LogP contribution in [0.1, 0.15) is 21.7 Å². The number of imidazole rings is 1. The molecule has 2 aromatic carbocycles. The average molecular weight is 481 g/mol. The van der Waals surface area contributed by atoms with Crippen LogP contribution in [0.15, 0.2) is 36.5 Å². The van der Waals surface area contributed by atoms with E-state index in [4.69, 9.17) is 18.9 Å². The van der Waals surface area contributed by atoms with Gasteiger partial charge in [-0.15, -0.1) is 0 Å². The van der Waals surface area contributed by atoms with Crippen molar-refractivity contribution in [1.82, 2.24) is 19.3 Å². The minimum Gasteiger partial charge on any atom is -0.497 e. The van der Waals surface area contributed by atoms with Gasteiger partial charge in [0.2, 0.25) is 11.5 Å². The van der Waals surface area contributed by atoms with Gasteiger partial charge in [-0.05, 0) is 29.2 Å². The summed E-state index contributed by atoms with van der Waals surface area (Å²) in [7, 11) is 7.48. The summed E-state index contributed by atoms with van der Waals surface area (Å²) >= 11 is 0. The van der Waals surface area contributed by atoms with Crippen LogP contribution in [0.4, 0.5) is 5.95 Å². The van der Waals surface area contributed by atoms with Crippen molar-refractivity contribution in [2.45, 2.75) is 6.54 Å². The SMILES string of the molecule is COc1ccc2c(C(=O)c3cc(OC)c(OC)c(OC)c3)n(Cc3cnc([N+](=O)[O-])n3C)nc2c1. The van der Waals surface area contributed by atoms with Gasteiger partial charge in [0.25, 0.3) is 0 Å². The summed E-state index contributed by atoms with van der Waals surface area (Å²) in [5.74, 6) is 0.926. The maximum atomic E-state index is 13.8. The number of methoxy groups -OCH3 is 4. The number of benzene rings is 2. The summed E-state index contributed by atoms with van der Waals surface area (Å²) in [5, 5.41) is 16.4. The quantitative estimate of drug-likeness (QED) is 0.201. The van der Waals surface area contributed by atoms with Crippen LogP contribution in [0, 0.1) is 10.1 Å². The number of ether oxygens (including phenoxy) is 4. The van der Waals surface area contributed by atoms with Crippen molar-refractivity contribution in [1.29, 1.82) is 0 Å². The number of hydrogen-bond acceptors (Lipinski definition) is 9. The first-order chi connectivity index (χ1) is 16.8. The molecule has 0 saturated heterocycles. The predicted molar refractivity (Wildman–Crippen MR) is 125 cm³/mol. The van der Waals surface area contributed by atoms with E-state index in [0.29, 0.717) is 39.6 Å². The number of nitro groups is 1. The van der Waals surface area contributed by atoms with E-state index < -0.39 is 4.92 Å². The van der Waals surface area contributed by atoms with Gasteiger partial charge in [-0.3, -0.25) is 9.48 Å². The largest absolute Gasteiger partial charge is 0.497 e. The molecule has 0 spiro atoms. The average Bonchev–Trinajstić information content (AvgIpc) is 3.41. The minimum absolute atomic E-state index is 0.0693. The summed E-state index contributed by atoms with van der Waals surface area (Å²) < 4.78 is 24.3. The highest BCUT2D eigenvalue weighted by Crippen LogP contribution is 2.39. The first kappa shape index (κ1) is 23.5. The molecule has 0 aliphatic carbocycles. The van der Waals surface area contributed by atoms with Crippen LogP contribution in [0.25, 0.3) is 10.9 Å². The van der Waals surface area contributed by atoms with E-state index in [2.05, 4.69) is 10.1 Å². The second kappa shape index (κ2) is 9.33. The Balaban J connectivity index is 1.89. The number of carbonyl (C=O) groups excluding carboxylic acids is 1. The zero-order valence-electron chi connectivity index (χ0n) is 19.8. The van der Waals surface area contributed by atoms with Gasteiger partial charge in [-0.2, -0.15) is 5.10 Å². The molecule has 0 aliphatic rings. The third-order valence-corrected chi connectivity index (χ3v) is 5.62. The van der Waals surface area contributed by atoms with Crippen LogP contribution in [0.2, 0.25) is 0 Å². The molecule has 0 atom stereocenters. The minimum atomic E-state index is -0.573. The van der Waals surface area contributed by atoms with Crippen LogP contribution in [-0.4, -0.2) is 58.5 Å². The standard InChI is InChI=1S/C23H23N5O7/c1-26-14(11-24-23(26)28(30)31)12-27-20(16-7-6-15(32-2)10-17(16)25-27)21(29)13-8-18(33-3)22(35-5)19(9-13)34-4/h6-11H,12H2,1-5H3. The fraction of sp³-hybridized carbons (Fsp3) is 0.261. The van der Waals surface area contributed by atoms with E-state index in [0.717, 1.165) is 0 Å². The maximum absolute atomic E-state index is 13.8. The molecule has 12 nitrogen and oxygen atoms in total. The Morgan fingerprint density at radius 1 is 1.03 bits per heavy atom. The fourth-order valence-corrected chi connectivity index (χ4v) is 3.85. The highest BCUT2D eigenvalue weighted by atomic mass is 16.6. The molecule has 0 fully saturated rings. The van der Waals surface area contributed by atoms with Crippen molar-refractivity contribution in [2.75, 3.05) is 28.4 Å². The Morgan fingerprint density at radius 2 is 1.71 bits per heavy atom. The molecule has 12 heteroatoms. The first-order valence-electron chi connectivity index (χ1n) is 10.4. The van der Waals surface area contributed by atoms with E-state index in [-0.39, 0.29) is 29.5 Å². The van der Waals surface area contributed by atoms with E-state index in [1.807, 2.05) is 0 Å². The highest BCUT2D eigenvalue weighted by Gasteiger charge is 2.26. The molecule has 182 valence electrons. The Labute approximate surface area is 199 Å². The van der Waals surface area contributed by atoms with Crippen molar-refractivity contribution >= 4 is 22.6 Å². The molecule has 0 unspecified atom stereocenters. The molecule has 0 aliphatic heterocycles. The Kier molecular flexibility index (Phi) is 6.28. The monoisotopic (exact) mass is 481 g/mol. The number of nitrogens with zero attached hydrogens (tertiary/aromatic N) is 5. The smallest absolute Gasteiger partial charge is 0.434 e. The van der Waals surface area contributed by atoms with Crippen LogP contribution < -0.4 is 18.9 Å². The van der Waals surface area contributed by atoms with Gasteiger partial charge in [0.05, 0.1) is 47.5 Å². The molecule has 2 heterocycles. The number of fused-ring (bicyclic) bond motifs is 1. The highest BCUT2D eigenvalue weighted by molar-refractivity contribution is 6.15. The van der Waals surface area contributed by atoms with E-state index in [1.165, 1.54) is 50.9 Å². The zero-order chi connectivity index (χ0) is 25.3. The van der Waals surface area contributed by atoms with Crippen LogP contribution in [0.5, 0.6) is 23.0 Å². The van der Waals surface area contributed by atoms with Crippen molar-refractivity contribution in [3.63, 3.8) is 0 Å². The third kappa shape index (κ3) is 4.09. The van der Waals surface area contributed by atoms with Crippen molar-refractivity contribution in [3.8, 4) is 23.0 Å². The van der Waals surface area contributed by atoms with E-state index in [9.17, 15) is 14.9 Å². The van der Waals surface area contributed by atoms with Gasteiger partial charge in [0.15, 0.2) is 11.5 Å². The van der Waals surface area contributed by atoms with Gasteiger partial charge in [-0.1, -0.05) is 4.98 Å². The Morgan fingerprint density at radius 3 is 2.26 bits per heavy atom. The summed E-state index contributed by atoms with van der Waals surface area (Å²) in [6.45, 7) is 0.0693. The normalized spacial score (nSPS) is 10.9. The fourth-order valence-electron chi connectivity index (χ4n) is 3.85. The number of carbonyl (C=O) groups is 1. The van der Waals surface area contributed by atoms with Crippen LogP contribution in [0.3, 0.4) is 0 Å². The molecule has 4 rings (SSSR count). The number of hydrogen-bond donors (Lipinski definition) is 0. The predicted octanol–water partition coefficient (Wildman–Crippen LogP) is 2.99. The molecule has 0 bridgehead atoms. The molecule has 0 amide bonds. The van der Waals surface area contributed by atoms with Gasteiger partial charge in [0.1, 0.15) is 23.3 Å². The summed E-state index contributed by atoms with van der Waals surface area (Å²) in [6, 6.07) is 8.31. The molecule has 35 heavy (non-hydrogen) atoms. The van der Waals surface area contributed by atoms with Gasteiger partial charge in [-0.25, -0.2) is 4.57 Å². The van der Waals surface area contributed by atoms with Crippen molar-refractivity contribution in [2.24, 2.45) is 7.05 Å². The van der Waals surface area contributed by atoms with Crippen LogP contribution >= 0.6 is 0 Å². The van der Waals surface area contributed by atoms with E-state index in [1.54, 1.807) is 30.3 Å². The number of aromatic nitrogens is 4. The summed E-state index contributed by atoms with van der Waals surface area (Å²) in [6.07, 6.45) is 1.39. The molecular formula is C23H23N5O7. The molecule has 2 aromatic heterocycles. The van der Waals surface area contributed by atoms with E-state index >= 15 is 0 Å². The maximum Gasteiger partial charge on any atom is 0.434 e. The molecule has 0 saturated carbocycles. The van der Waals surface area contributed by atoms with Gasteiger partial charge < -0.3 is 29.1 Å². The Hall–Kier alpha value is -4.61. The molecular weight excluding hydrogens is 458 g/mol.